The molecule has 7 nitrogen and oxygen atoms in total. The first-order valence-corrected chi connectivity index (χ1v) is 7.30. The second-order valence-electron chi connectivity index (χ2n) is 5.43. The molecule has 1 amide bonds. The largest absolute Gasteiger partial charge is 0.497 e. The van der Waals surface area contributed by atoms with E-state index in [2.05, 4.69) is 5.10 Å². The van der Waals surface area contributed by atoms with Crippen LogP contribution in [-0.2, 0) is 6.54 Å². The van der Waals surface area contributed by atoms with Gasteiger partial charge in [0, 0.05) is 32.4 Å². The third kappa shape index (κ3) is 4.22. The minimum absolute atomic E-state index is 0.171. The van der Waals surface area contributed by atoms with Crippen molar-refractivity contribution in [2.45, 2.75) is 6.54 Å². The Balaban J connectivity index is 2.31. The lowest BCUT2D eigenvalue weighted by atomic mass is 10.2. The lowest BCUT2D eigenvalue weighted by Crippen LogP contribution is -2.18. The van der Waals surface area contributed by atoms with Crippen molar-refractivity contribution in [3.8, 4) is 5.75 Å². The van der Waals surface area contributed by atoms with E-state index in [0.717, 1.165) is 5.56 Å². The van der Waals surface area contributed by atoms with Gasteiger partial charge in [0.15, 0.2) is 0 Å². The first-order chi connectivity index (χ1) is 11.4. The third-order valence-corrected chi connectivity index (χ3v) is 3.28. The van der Waals surface area contributed by atoms with E-state index in [-0.39, 0.29) is 17.2 Å². The molecule has 1 aromatic carbocycles. The number of benzene rings is 1. The quantitative estimate of drug-likeness (QED) is 0.611. The summed E-state index contributed by atoms with van der Waals surface area (Å²) in [6, 6.07) is 8.78. The molecule has 7 heteroatoms. The Kier molecular flexibility index (Phi) is 5.36. The van der Waals surface area contributed by atoms with Gasteiger partial charge in [0.1, 0.15) is 17.1 Å². The average Bonchev–Trinajstić information content (AvgIpc) is 2.97. The number of methoxy groups -OCH3 is 1. The van der Waals surface area contributed by atoms with Crippen molar-refractivity contribution < 1.29 is 14.3 Å². The summed E-state index contributed by atoms with van der Waals surface area (Å²) in [6.45, 7) is 0.306. The number of rotatable bonds is 7. The van der Waals surface area contributed by atoms with Gasteiger partial charge in [0.25, 0.3) is 5.91 Å². The van der Waals surface area contributed by atoms with Crippen LogP contribution in [0.4, 0.5) is 0 Å². The average molecular weight is 328 g/mol. The van der Waals surface area contributed by atoms with Gasteiger partial charge in [0.05, 0.1) is 13.7 Å². The van der Waals surface area contributed by atoms with Crippen molar-refractivity contribution in [2.75, 3.05) is 21.2 Å². The third-order valence-electron chi connectivity index (χ3n) is 3.28. The van der Waals surface area contributed by atoms with Crippen LogP contribution < -0.4 is 10.5 Å². The van der Waals surface area contributed by atoms with E-state index in [9.17, 15) is 9.59 Å². The number of aromatic nitrogens is 2. The number of carbonyl (C=O) groups excluding carboxylic acids is 2. The molecule has 0 radical (unpaired) electrons. The monoisotopic (exact) mass is 328 g/mol. The maximum Gasteiger partial charge on any atom is 0.267 e. The van der Waals surface area contributed by atoms with Crippen LogP contribution in [0.3, 0.4) is 0 Å². The Hall–Kier alpha value is -3.09. The zero-order valence-electron chi connectivity index (χ0n) is 13.9. The molecule has 0 saturated carbocycles. The van der Waals surface area contributed by atoms with Crippen molar-refractivity contribution >= 4 is 11.7 Å². The van der Waals surface area contributed by atoms with Crippen molar-refractivity contribution in [2.24, 2.45) is 5.73 Å². The smallest absolute Gasteiger partial charge is 0.267 e. The van der Waals surface area contributed by atoms with Gasteiger partial charge in [0.2, 0.25) is 5.78 Å². The van der Waals surface area contributed by atoms with Crippen LogP contribution in [0.5, 0.6) is 5.75 Å². The summed E-state index contributed by atoms with van der Waals surface area (Å²) in [5.41, 5.74) is 6.63. The number of nitrogens with zero attached hydrogens (tertiary/aromatic N) is 3. The van der Waals surface area contributed by atoms with Gasteiger partial charge in [-0.05, 0) is 17.7 Å². The fourth-order valence-electron chi connectivity index (χ4n) is 2.10. The van der Waals surface area contributed by atoms with Crippen LogP contribution in [0.15, 0.2) is 42.6 Å². The number of hydrogen-bond acceptors (Lipinski definition) is 5. The van der Waals surface area contributed by atoms with Crippen LogP contribution in [-0.4, -0.2) is 47.6 Å². The summed E-state index contributed by atoms with van der Waals surface area (Å²) in [5.74, 6) is -0.234. The number of ether oxygens (including phenoxy) is 1. The highest BCUT2D eigenvalue weighted by Crippen LogP contribution is 2.15. The molecule has 0 fully saturated rings. The maximum atomic E-state index is 12.1. The standard InChI is InChI=1S/C17H20N4O3/c1-20(2)8-7-16(22)14-10-15(17(18)23)21(19-14)11-12-5-4-6-13(9-12)24-3/h4-10H,11H2,1-3H3,(H2,18,23). The second kappa shape index (κ2) is 7.45. The predicted molar refractivity (Wildman–Crippen MR) is 90.0 cm³/mol. The molecule has 24 heavy (non-hydrogen) atoms. The molecular formula is C17H20N4O3. The van der Waals surface area contributed by atoms with Gasteiger partial charge in [-0.2, -0.15) is 5.10 Å². The maximum absolute atomic E-state index is 12.1. The fraction of sp³-hybridized carbons (Fsp3) is 0.235. The molecule has 1 aromatic heterocycles. The van der Waals surface area contributed by atoms with Crippen molar-refractivity contribution in [3.05, 3.63) is 59.6 Å². The van der Waals surface area contributed by atoms with E-state index >= 15 is 0 Å². The molecule has 0 aliphatic rings. The summed E-state index contributed by atoms with van der Waals surface area (Å²) in [6.07, 6.45) is 3.01. The van der Waals surface area contributed by atoms with Crippen LogP contribution in [0, 0.1) is 0 Å². The Morgan fingerprint density at radius 3 is 2.71 bits per heavy atom. The molecule has 2 rings (SSSR count). The van der Waals surface area contributed by atoms with Crippen molar-refractivity contribution in [1.29, 1.82) is 0 Å². The number of ketones is 1. The number of primary amides is 1. The summed E-state index contributed by atoms with van der Waals surface area (Å²) < 4.78 is 6.60. The molecule has 0 spiro atoms. The molecule has 0 bridgehead atoms. The molecule has 2 aromatic rings. The van der Waals surface area contributed by atoms with Gasteiger partial charge in [-0.15, -0.1) is 0 Å². The molecule has 126 valence electrons. The molecule has 0 aliphatic heterocycles. The van der Waals surface area contributed by atoms with E-state index in [1.54, 1.807) is 32.3 Å². The van der Waals surface area contributed by atoms with E-state index in [0.29, 0.717) is 12.3 Å². The Morgan fingerprint density at radius 1 is 1.33 bits per heavy atom. The van der Waals surface area contributed by atoms with E-state index in [4.69, 9.17) is 10.5 Å². The van der Waals surface area contributed by atoms with E-state index in [1.165, 1.54) is 16.8 Å². The Morgan fingerprint density at radius 2 is 2.08 bits per heavy atom. The van der Waals surface area contributed by atoms with E-state index < -0.39 is 5.91 Å². The van der Waals surface area contributed by atoms with Gasteiger partial charge in [-0.25, -0.2) is 0 Å². The number of hydrogen-bond donors (Lipinski definition) is 1. The minimum Gasteiger partial charge on any atom is -0.497 e. The van der Waals surface area contributed by atoms with Crippen LogP contribution in [0.1, 0.15) is 26.5 Å². The fourth-order valence-corrected chi connectivity index (χ4v) is 2.10. The summed E-state index contributed by atoms with van der Waals surface area (Å²) in [4.78, 5) is 25.5. The molecule has 0 aliphatic carbocycles. The first-order valence-electron chi connectivity index (χ1n) is 7.30. The normalized spacial score (nSPS) is 10.8. The highest BCUT2D eigenvalue weighted by molar-refractivity contribution is 6.04. The first kappa shape index (κ1) is 17.3. The van der Waals surface area contributed by atoms with Gasteiger partial charge in [-0.3, -0.25) is 14.3 Å². The number of carbonyl (C=O) groups is 2. The lowest BCUT2D eigenvalue weighted by Gasteiger charge is -2.07. The molecule has 0 saturated heterocycles. The highest BCUT2D eigenvalue weighted by atomic mass is 16.5. The Labute approximate surface area is 140 Å². The summed E-state index contributed by atoms with van der Waals surface area (Å²) in [5, 5.41) is 4.22. The zero-order chi connectivity index (χ0) is 17.7. The molecule has 0 unspecified atom stereocenters. The molecule has 0 atom stereocenters. The van der Waals surface area contributed by atoms with Crippen molar-refractivity contribution in [3.63, 3.8) is 0 Å². The lowest BCUT2D eigenvalue weighted by molar-refractivity contribution is 0.0989. The summed E-state index contributed by atoms with van der Waals surface area (Å²) >= 11 is 0. The topological polar surface area (TPSA) is 90.5 Å². The molecular weight excluding hydrogens is 308 g/mol. The van der Waals surface area contributed by atoms with Crippen molar-refractivity contribution in [1.82, 2.24) is 14.7 Å². The van der Waals surface area contributed by atoms with Crippen LogP contribution in [0.2, 0.25) is 0 Å². The van der Waals surface area contributed by atoms with Gasteiger partial charge in [-0.1, -0.05) is 12.1 Å². The number of nitrogens with two attached hydrogens (primary N) is 1. The van der Waals surface area contributed by atoms with Crippen LogP contribution >= 0.6 is 0 Å². The number of amides is 1. The highest BCUT2D eigenvalue weighted by Gasteiger charge is 2.16. The summed E-state index contributed by atoms with van der Waals surface area (Å²) in [7, 11) is 5.19. The van der Waals surface area contributed by atoms with Gasteiger partial charge >= 0.3 is 0 Å². The second-order valence-corrected chi connectivity index (χ2v) is 5.43. The molecule has 1 heterocycles. The van der Waals surface area contributed by atoms with Gasteiger partial charge < -0.3 is 15.4 Å². The predicted octanol–water partition coefficient (Wildman–Crippen LogP) is 1.30. The minimum atomic E-state index is -0.638. The SMILES string of the molecule is COc1cccc(Cn2nc(C(=O)C=CN(C)C)cc2C(N)=O)c1. The Bertz CT molecular complexity index is 778. The zero-order valence-corrected chi connectivity index (χ0v) is 13.9. The molecule has 2 N–H and O–H groups in total. The van der Waals surface area contributed by atoms with Crippen LogP contribution in [0.25, 0.3) is 0 Å². The number of allylic oxidation sites excluding steroid dienone is 1. The van der Waals surface area contributed by atoms with E-state index in [1.807, 2.05) is 24.3 Å².